The van der Waals surface area contributed by atoms with Crippen LogP contribution >= 0.6 is 0 Å². The van der Waals surface area contributed by atoms with E-state index in [1.54, 1.807) is 6.07 Å². The Morgan fingerprint density at radius 2 is 2.12 bits per heavy atom. The van der Waals surface area contributed by atoms with Crippen LogP contribution in [0.1, 0.15) is 19.3 Å². The van der Waals surface area contributed by atoms with Gasteiger partial charge in [-0.3, -0.25) is 4.72 Å². The summed E-state index contributed by atoms with van der Waals surface area (Å²) in [4.78, 5) is 7.67. The van der Waals surface area contributed by atoms with Crippen LogP contribution in [0.3, 0.4) is 0 Å². The van der Waals surface area contributed by atoms with Crippen molar-refractivity contribution in [3.63, 3.8) is 0 Å². The predicted molar refractivity (Wildman–Crippen MR) is 65.1 cm³/mol. The lowest BCUT2D eigenvalue weighted by Gasteiger charge is -2.23. The van der Waals surface area contributed by atoms with E-state index in [1.807, 2.05) is 0 Å². The maximum Gasteiger partial charge on any atom is 0.236 e. The van der Waals surface area contributed by atoms with E-state index in [0.29, 0.717) is 0 Å². The highest BCUT2D eigenvalue weighted by Gasteiger charge is 2.21. The second-order valence-electron chi connectivity index (χ2n) is 4.10. The van der Waals surface area contributed by atoms with Gasteiger partial charge in [-0.15, -0.1) is 0 Å². The van der Waals surface area contributed by atoms with Crippen molar-refractivity contribution in [3.8, 4) is 0 Å². The number of hydrogen-bond acceptors (Lipinski definition) is 5. The first-order valence-corrected chi connectivity index (χ1v) is 7.32. The molecule has 0 saturated carbocycles. The molecular weight excluding hydrogens is 240 g/mol. The molecule has 0 bridgehead atoms. The third-order valence-corrected chi connectivity index (χ3v) is 3.98. The van der Waals surface area contributed by atoms with Crippen LogP contribution in [-0.4, -0.2) is 36.7 Å². The van der Waals surface area contributed by atoms with Crippen molar-refractivity contribution < 1.29 is 8.42 Å². The molecule has 1 unspecified atom stereocenters. The van der Waals surface area contributed by atoms with Gasteiger partial charge in [0.15, 0.2) is 0 Å². The number of rotatable bonds is 4. The fourth-order valence-corrected chi connectivity index (χ4v) is 3.14. The van der Waals surface area contributed by atoms with Crippen molar-refractivity contribution in [3.05, 3.63) is 18.5 Å². The zero-order chi connectivity index (χ0) is 12.1. The highest BCUT2D eigenvalue weighted by Crippen LogP contribution is 2.10. The highest BCUT2D eigenvalue weighted by atomic mass is 32.2. The molecule has 0 radical (unpaired) electrons. The molecule has 1 atom stereocenters. The van der Waals surface area contributed by atoms with E-state index in [4.69, 9.17) is 0 Å². The average Bonchev–Trinajstić information content (AvgIpc) is 2.30. The smallest absolute Gasteiger partial charge is 0.236 e. The summed E-state index contributed by atoms with van der Waals surface area (Å²) < 4.78 is 26.0. The first-order chi connectivity index (χ1) is 8.16. The summed E-state index contributed by atoms with van der Waals surface area (Å²) in [5.41, 5.74) is 0. The molecule has 2 rings (SSSR count). The van der Waals surface area contributed by atoms with Gasteiger partial charge in [0, 0.05) is 18.4 Å². The van der Waals surface area contributed by atoms with Gasteiger partial charge < -0.3 is 5.32 Å². The monoisotopic (exact) mass is 256 g/mol. The normalized spacial score (nSPS) is 21.1. The number of nitrogens with one attached hydrogen (secondary N) is 2. The zero-order valence-corrected chi connectivity index (χ0v) is 10.3. The van der Waals surface area contributed by atoms with Gasteiger partial charge in [0.1, 0.15) is 0 Å². The Morgan fingerprint density at radius 1 is 1.35 bits per heavy atom. The number of nitrogens with zero attached hydrogens (tertiary/aromatic N) is 2. The van der Waals surface area contributed by atoms with Crippen LogP contribution in [0.25, 0.3) is 0 Å². The van der Waals surface area contributed by atoms with Crippen molar-refractivity contribution in [1.82, 2.24) is 15.3 Å². The predicted octanol–water partition coefficient (Wildman–Crippen LogP) is 0.360. The van der Waals surface area contributed by atoms with Crippen molar-refractivity contribution in [1.29, 1.82) is 0 Å². The van der Waals surface area contributed by atoms with Gasteiger partial charge in [-0.25, -0.2) is 18.4 Å². The third kappa shape index (κ3) is 3.94. The van der Waals surface area contributed by atoms with E-state index in [9.17, 15) is 8.42 Å². The summed E-state index contributed by atoms with van der Waals surface area (Å²) in [5, 5.41) is 3.20. The molecule has 17 heavy (non-hydrogen) atoms. The van der Waals surface area contributed by atoms with Gasteiger partial charge in [0.2, 0.25) is 16.0 Å². The second kappa shape index (κ2) is 5.42. The molecule has 1 aliphatic heterocycles. The molecular formula is C10H16N4O2S. The van der Waals surface area contributed by atoms with E-state index in [1.165, 1.54) is 12.4 Å². The Morgan fingerprint density at radius 3 is 2.76 bits per heavy atom. The number of piperidine rings is 1. The molecule has 7 heteroatoms. The van der Waals surface area contributed by atoms with Crippen LogP contribution in [-0.2, 0) is 10.0 Å². The highest BCUT2D eigenvalue weighted by molar-refractivity contribution is 7.92. The molecule has 94 valence electrons. The van der Waals surface area contributed by atoms with E-state index >= 15 is 0 Å². The van der Waals surface area contributed by atoms with E-state index < -0.39 is 10.0 Å². The Bertz CT molecular complexity index is 443. The van der Waals surface area contributed by atoms with Crippen LogP contribution in [0.5, 0.6) is 0 Å². The lowest BCUT2D eigenvalue weighted by atomic mass is 10.1. The van der Waals surface area contributed by atoms with Crippen molar-refractivity contribution in [2.24, 2.45) is 0 Å². The van der Waals surface area contributed by atoms with E-state index in [2.05, 4.69) is 20.0 Å². The summed E-state index contributed by atoms with van der Waals surface area (Å²) in [5.74, 6) is 0.203. The summed E-state index contributed by atoms with van der Waals surface area (Å²) in [7, 11) is -3.37. The fraction of sp³-hybridized carbons (Fsp3) is 0.600. The standard InChI is InChI=1S/C10H16N4O2S/c15-17(16,8-9-4-1-2-5-11-9)14-10-12-6-3-7-13-10/h3,6-7,9,11H,1-2,4-5,8H2,(H,12,13,14). The van der Waals surface area contributed by atoms with E-state index in [-0.39, 0.29) is 17.7 Å². The van der Waals surface area contributed by atoms with Crippen molar-refractivity contribution in [2.75, 3.05) is 17.0 Å². The summed E-state index contributed by atoms with van der Waals surface area (Å²) >= 11 is 0. The van der Waals surface area contributed by atoms with Crippen LogP contribution in [0.2, 0.25) is 0 Å². The molecule has 1 aromatic heterocycles. The number of hydrogen-bond donors (Lipinski definition) is 2. The molecule has 1 fully saturated rings. The largest absolute Gasteiger partial charge is 0.313 e. The van der Waals surface area contributed by atoms with Gasteiger partial charge in [0.25, 0.3) is 0 Å². The first-order valence-electron chi connectivity index (χ1n) is 5.67. The molecule has 0 spiro atoms. The average molecular weight is 256 g/mol. The Hall–Kier alpha value is -1.21. The van der Waals surface area contributed by atoms with Gasteiger partial charge in [-0.1, -0.05) is 6.42 Å². The summed E-state index contributed by atoms with van der Waals surface area (Å²) in [6, 6.07) is 1.67. The van der Waals surface area contributed by atoms with Crippen LogP contribution in [0.15, 0.2) is 18.5 Å². The molecule has 0 aromatic carbocycles. The summed E-state index contributed by atoms with van der Waals surface area (Å²) in [6.07, 6.45) is 6.10. The van der Waals surface area contributed by atoms with Crippen LogP contribution in [0.4, 0.5) is 5.95 Å². The third-order valence-electron chi connectivity index (χ3n) is 2.65. The molecule has 1 aliphatic rings. The Kier molecular flexibility index (Phi) is 3.90. The number of sulfonamides is 1. The lowest BCUT2D eigenvalue weighted by Crippen LogP contribution is -2.40. The number of anilines is 1. The Labute approximate surface area is 101 Å². The SMILES string of the molecule is O=S(=O)(CC1CCCCN1)Nc1ncccn1. The minimum absolute atomic E-state index is 0.0324. The van der Waals surface area contributed by atoms with Crippen LogP contribution in [0, 0.1) is 0 Å². The maximum absolute atomic E-state index is 11.8. The minimum atomic E-state index is -3.37. The van der Waals surface area contributed by atoms with Crippen LogP contribution < -0.4 is 10.0 Å². The molecule has 6 nitrogen and oxygen atoms in total. The van der Waals surface area contributed by atoms with Crippen molar-refractivity contribution in [2.45, 2.75) is 25.3 Å². The molecule has 2 heterocycles. The molecule has 0 aliphatic carbocycles. The van der Waals surface area contributed by atoms with Gasteiger partial charge >= 0.3 is 0 Å². The summed E-state index contributed by atoms with van der Waals surface area (Å²) in [6.45, 7) is 0.891. The molecule has 1 saturated heterocycles. The first kappa shape index (κ1) is 12.3. The van der Waals surface area contributed by atoms with Crippen molar-refractivity contribution >= 4 is 16.0 Å². The lowest BCUT2D eigenvalue weighted by molar-refractivity contribution is 0.424. The minimum Gasteiger partial charge on any atom is -0.313 e. The van der Waals surface area contributed by atoms with Gasteiger partial charge in [0.05, 0.1) is 5.75 Å². The molecule has 0 amide bonds. The van der Waals surface area contributed by atoms with Gasteiger partial charge in [-0.2, -0.15) is 0 Å². The molecule has 2 N–H and O–H groups in total. The zero-order valence-electron chi connectivity index (χ0n) is 9.46. The quantitative estimate of drug-likeness (QED) is 0.812. The second-order valence-corrected chi connectivity index (χ2v) is 5.87. The molecule has 1 aromatic rings. The van der Waals surface area contributed by atoms with Gasteiger partial charge in [-0.05, 0) is 25.5 Å². The topological polar surface area (TPSA) is 84.0 Å². The number of aromatic nitrogens is 2. The fourth-order valence-electron chi connectivity index (χ4n) is 1.86. The maximum atomic E-state index is 11.8. The van der Waals surface area contributed by atoms with E-state index in [0.717, 1.165) is 25.8 Å². The Balaban J connectivity index is 1.94.